The highest BCUT2D eigenvalue weighted by molar-refractivity contribution is 6.09. The molecule has 1 aliphatic rings. The lowest BCUT2D eigenvalue weighted by Crippen LogP contribution is -2.28. The summed E-state index contributed by atoms with van der Waals surface area (Å²) in [5, 5.41) is 2.31. The third kappa shape index (κ3) is 5.93. The van der Waals surface area contributed by atoms with Gasteiger partial charge in [-0.15, -0.1) is 0 Å². The van der Waals surface area contributed by atoms with E-state index in [0.717, 1.165) is 40.3 Å². The molecule has 0 saturated carbocycles. The van der Waals surface area contributed by atoms with Gasteiger partial charge in [0.2, 0.25) is 0 Å². The van der Waals surface area contributed by atoms with Gasteiger partial charge in [0.1, 0.15) is 11.2 Å². The molecule has 0 N–H and O–H groups in total. The van der Waals surface area contributed by atoms with Crippen LogP contribution in [0.1, 0.15) is 51.3 Å². The van der Waals surface area contributed by atoms with Gasteiger partial charge in [-0.3, -0.25) is 0 Å². The summed E-state index contributed by atoms with van der Waals surface area (Å²) in [6.45, 7) is 0. The molecule has 0 saturated heterocycles. The highest BCUT2D eigenvalue weighted by Crippen LogP contribution is 2.56. The highest BCUT2D eigenvalue weighted by atomic mass is 16.3. The van der Waals surface area contributed by atoms with Crippen LogP contribution in [-0.2, 0) is 11.8 Å². The van der Waals surface area contributed by atoms with E-state index in [2.05, 4.69) is 218 Å². The Morgan fingerprint density at radius 2 is 0.949 bits per heavy atom. The number of para-hydroxylation sites is 2. The molecule has 0 amide bonds. The van der Waals surface area contributed by atoms with Gasteiger partial charge in [0.15, 0.2) is 0 Å². The monoisotopic (exact) mass is 754 g/mol. The molecule has 0 radical (unpaired) electrons. The van der Waals surface area contributed by atoms with E-state index in [9.17, 15) is 0 Å². The number of hydrogen-bond donors (Lipinski definition) is 0. The van der Waals surface area contributed by atoms with E-state index >= 15 is 0 Å². The van der Waals surface area contributed by atoms with Gasteiger partial charge in [-0.25, -0.2) is 0 Å². The molecule has 9 aromatic carbocycles. The molecule has 10 aromatic rings. The maximum absolute atomic E-state index is 6.40. The smallest absolute Gasteiger partial charge is 0.143 e. The van der Waals surface area contributed by atoms with Gasteiger partial charge >= 0.3 is 0 Å². The van der Waals surface area contributed by atoms with Crippen LogP contribution < -0.4 is 0 Å². The SMILES string of the molecule is c1ccc(-c2ccc(C(CCc3ccc(-c4cccc5c4oc4ccccc45)cc3)c3ccc4c(c3)-c3ccccc3C4(c3ccccc3)c3ccccc3)cc2)cc1. The van der Waals surface area contributed by atoms with Crippen molar-refractivity contribution in [3.8, 4) is 33.4 Å². The third-order valence-electron chi connectivity index (χ3n) is 12.7. The Kier molecular flexibility index (Phi) is 8.67. The minimum Gasteiger partial charge on any atom is -0.455 e. The van der Waals surface area contributed by atoms with Crippen LogP contribution in [0.3, 0.4) is 0 Å². The van der Waals surface area contributed by atoms with Gasteiger partial charge < -0.3 is 4.42 Å². The first kappa shape index (κ1) is 35.0. The number of rotatable bonds is 9. The van der Waals surface area contributed by atoms with E-state index in [1.807, 2.05) is 6.07 Å². The van der Waals surface area contributed by atoms with Gasteiger partial charge in [0.05, 0.1) is 5.41 Å². The van der Waals surface area contributed by atoms with Crippen molar-refractivity contribution in [1.82, 2.24) is 0 Å². The van der Waals surface area contributed by atoms with E-state index in [1.54, 1.807) is 0 Å². The summed E-state index contributed by atoms with van der Waals surface area (Å²) < 4.78 is 6.40. The summed E-state index contributed by atoms with van der Waals surface area (Å²) in [6, 6.07) is 82.4. The molecule has 0 spiro atoms. The second kappa shape index (κ2) is 14.6. The average Bonchev–Trinajstić information content (AvgIpc) is 3.84. The molecule has 1 unspecified atom stereocenters. The van der Waals surface area contributed by atoms with Gasteiger partial charge in [-0.2, -0.15) is 0 Å². The first-order valence-corrected chi connectivity index (χ1v) is 20.8. The van der Waals surface area contributed by atoms with Crippen molar-refractivity contribution >= 4 is 21.9 Å². The van der Waals surface area contributed by atoms with Crippen LogP contribution in [0.5, 0.6) is 0 Å². The molecule has 0 bridgehead atoms. The molecular formula is C58H42O. The van der Waals surface area contributed by atoms with Gasteiger partial charge in [0, 0.05) is 22.3 Å². The number of benzene rings is 9. The molecular weight excluding hydrogens is 713 g/mol. The van der Waals surface area contributed by atoms with Crippen molar-refractivity contribution in [2.75, 3.05) is 0 Å². The van der Waals surface area contributed by atoms with Gasteiger partial charge in [0.25, 0.3) is 0 Å². The molecule has 0 aliphatic heterocycles. The first-order valence-electron chi connectivity index (χ1n) is 20.8. The molecule has 1 aromatic heterocycles. The van der Waals surface area contributed by atoms with E-state index in [0.29, 0.717) is 0 Å². The van der Waals surface area contributed by atoms with Crippen molar-refractivity contribution in [1.29, 1.82) is 0 Å². The Labute approximate surface area is 345 Å². The molecule has 0 fully saturated rings. The minimum atomic E-state index is -0.408. The molecule has 280 valence electrons. The second-order valence-electron chi connectivity index (χ2n) is 15.9. The lowest BCUT2D eigenvalue weighted by atomic mass is 9.67. The van der Waals surface area contributed by atoms with Crippen LogP contribution in [0.4, 0.5) is 0 Å². The summed E-state index contributed by atoms with van der Waals surface area (Å²) in [6.07, 6.45) is 1.93. The molecule has 1 nitrogen and oxygen atoms in total. The van der Waals surface area contributed by atoms with Crippen LogP contribution in [0, 0.1) is 0 Å². The number of aryl methyl sites for hydroxylation is 1. The van der Waals surface area contributed by atoms with Crippen molar-refractivity contribution < 1.29 is 4.42 Å². The lowest BCUT2D eigenvalue weighted by Gasteiger charge is -2.34. The first-order chi connectivity index (χ1) is 29.3. The number of fused-ring (bicyclic) bond motifs is 6. The van der Waals surface area contributed by atoms with Crippen LogP contribution in [0.2, 0.25) is 0 Å². The second-order valence-corrected chi connectivity index (χ2v) is 15.9. The van der Waals surface area contributed by atoms with Crippen LogP contribution in [0.15, 0.2) is 229 Å². The predicted molar refractivity (Wildman–Crippen MR) is 245 cm³/mol. The summed E-state index contributed by atoms with van der Waals surface area (Å²) >= 11 is 0. The quantitative estimate of drug-likeness (QED) is 0.143. The Morgan fingerprint density at radius 3 is 1.69 bits per heavy atom. The standard InChI is InChI=1S/C58H42O/c1-4-15-41(16-5-1)42-32-34-43(35-33-42)48(37-29-40-27-30-44(31-28-40)49-23-14-24-52-51-22-11-13-26-56(51)59-57(49)52)45-36-38-55-53(39-45)50-21-10-12-25-54(50)58(55,46-17-6-2-7-18-46)47-19-8-3-9-20-47/h1-28,30-36,38-39,48H,29,37H2. The lowest BCUT2D eigenvalue weighted by molar-refractivity contribution is 0.670. The zero-order valence-corrected chi connectivity index (χ0v) is 32.8. The Hall–Kier alpha value is -7.22. The summed E-state index contributed by atoms with van der Waals surface area (Å²) in [7, 11) is 0. The molecule has 1 aliphatic carbocycles. The molecule has 1 heterocycles. The zero-order chi connectivity index (χ0) is 39.2. The van der Waals surface area contributed by atoms with E-state index < -0.39 is 5.41 Å². The van der Waals surface area contributed by atoms with Crippen LogP contribution in [0.25, 0.3) is 55.3 Å². The summed E-state index contributed by atoms with van der Waals surface area (Å²) in [5.41, 5.74) is 18.1. The van der Waals surface area contributed by atoms with Crippen molar-refractivity contribution in [2.24, 2.45) is 0 Å². The predicted octanol–water partition coefficient (Wildman–Crippen LogP) is 15.0. The zero-order valence-electron chi connectivity index (χ0n) is 32.8. The Morgan fingerprint density at radius 1 is 0.390 bits per heavy atom. The maximum atomic E-state index is 6.40. The maximum Gasteiger partial charge on any atom is 0.143 e. The van der Waals surface area contributed by atoms with Gasteiger partial charge in [-0.05, 0) is 85.7 Å². The molecule has 11 rings (SSSR count). The highest BCUT2D eigenvalue weighted by Gasteiger charge is 2.46. The average molecular weight is 755 g/mol. The fourth-order valence-electron chi connectivity index (χ4n) is 9.88. The molecule has 1 atom stereocenters. The van der Waals surface area contributed by atoms with E-state index in [-0.39, 0.29) is 5.92 Å². The fourth-order valence-corrected chi connectivity index (χ4v) is 9.88. The summed E-state index contributed by atoms with van der Waals surface area (Å²) in [5.74, 6) is 0.199. The molecule has 1 heteroatoms. The van der Waals surface area contributed by atoms with Crippen LogP contribution >= 0.6 is 0 Å². The fraction of sp³-hybridized carbons (Fsp3) is 0.0690. The van der Waals surface area contributed by atoms with Crippen molar-refractivity contribution in [3.63, 3.8) is 0 Å². The van der Waals surface area contributed by atoms with E-state index in [1.165, 1.54) is 66.8 Å². The summed E-state index contributed by atoms with van der Waals surface area (Å²) in [4.78, 5) is 0. The van der Waals surface area contributed by atoms with Crippen molar-refractivity contribution in [3.05, 3.63) is 263 Å². The van der Waals surface area contributed by atoms with Crippen molar-refractivity contribution in [2.45, 2.75) is 24.2 Å². The number of furan rings is 1. The van der Waals surface area contributed by atoms with Gasteiger partial charge in [-0.1, -0.05) is 218 Å². The topological polar surface area (TPSA) is 13.1 Å². The van der Waals surface area contributed by atoms with E-state index in [4.69, 9.17) is 4.42 Å². The molecule has 59 heavy (non-hydrogen) atoms. The third-order valence-corrected chi connectivity index (χ3v) is 12.7. The van der Waals surface area contributed by atoms with Crippen LogP contribution in [-0.4, -0.2) is 0 Å². The minimum absolute atomic E-state index is 0.199. The normalized spacial score (nSPS) is 13.3. The largest absolute Gasteiger partial charge is 0.455 e. The number of hydrogen-bond acceptors (Lipinski definition) is 1. The Bertz CT molecular complexity index is 3030. The Balaban J connectivity index is 0.985.